The minimum absolute atomic E-state index is 0.144. The normalized spacial score (nSPS) is 12.4. The largest absolute Gasteiger partial charge is 0.494 e. The lowest BCUT2D eigenvalue weighted by molar-refractivity contribution is 0.340. The Morgan fingerprint density at radius 3 is 2.62 bits per heavy atom. The molecule has 0 aliphatic carbocycles. The number of hydrogen-bond acceptors (Lipinski definition) is 3. The van der Waals surface area contributed by atoms with E-state index >= 15 is 0 Å². The molecule has 1 atom stereocenters. The van der Waals surface area contributed by atoms with Gasteiger partial charge in [0.2, 0.25) is 0 Å². The van der Waals surface area contributed by atoms with Gasteiger partial charge in [-0.25, -0.2) is 0 Å². The molecule has 0 spiro atoms. The Bertz CT molecular complexity index is 422. The number of nitrogens with two attached hydrogens (primary N) is 1. The second-order valence-corrected chi connectivity index (χ2v) is 3.51. The van der Waals surface area contributed by atoms with Gasteiger partial charge in [-0.15, -0.1) is 0 Å². The summed E-state index contributed by atoms with van der Waals surface area (Å²) in [4.78, 5) is 0. The number of hydrogen-bond donors (Lipinski definition) is 2. The molecule has 0 aliphatic rings. The fraction of sp³-hybridized carbons (Fsp3) is 0.250. The molecule has 1 heterocycles. The summed E-state index contributed by atoms with van der Waals surface area (Å²) in [5.74, 6) is 0.866. The first-order chi connectivity index (χ1) is 7.81. The van der Waals surface area contributed by atoms with Crippen molar-refractivity contribution in [3.8, 4) is 5.75 Å². The maximum Gasteiger partial charge on any atom is 0.119 e. The van der Waals surface area contributed by atoms with Crippen LogP contribution in [0.1, 0.15) is 24.1 Å². The van der Waals surface area contributed by atoms with Crippen molar-refractivity contribution in [1.82, 2.24) is 10.2 Å². The second kappa shape index (κ2) is 4.81. The predicted octanol–water partition coefficient (Wildman–Crippen LogP) is 1.86. The van der Waals surface area contributed by atoms with Crippen molar-refractivity contribution in [3.63, 3.8) is 0 Å². The zero-order valence-electron chi connectivity index (χ0n) is 9.18. The Labute approximate surface area is 94.4 Å². The number of aromatic amines is 1. The molecule has 2 rings (SSSR count). The molecular formula is C12H15N3O. The van der Waals surface area contributed by atoms with Crippen molar-refractivity contribution >= 4 is 0 Å². The van der Waals surface area contributed by atoms with Gasteiger partial charge in [0.05, 0.1) is 18.8 Å². The summed E-state index contributed by atoms with van der Waals surface area (Å²) in [6, 6.07) is 7.66. The van der Waals surface area contributed by atoms with Crippen LogP contribution in [0, 0.1) is 0 Å². The number of H-pyrrole nitrogens is 1. The van der Waals surface area contributed by atoms with Crippen LogP contribution >= 0.6 is 0 Å². The lowest BCUT2D eigenvalue weighted by atomic mass is 10.0. The molecule has 0 radical (unpaired) electrons. The standard InChI is InChI=1S/C12H15N3O/c1-2-16-11-5-3-9(4-6-11)12(13)10-7-14-15-8-10/h3-8,12H,2,13H2,1H3,(H,14,15). The monoisotopic (exact) mass is 217 g/mol. The van der Waals surface area contributed by atoms with Crippen LogP contribution in [-0.2, 0) is 0 Å². The summed E-state index contributed by atoms with van der Waals surface area (Å²) in [6.07, 6.45) is 3.54. The number of ether oxygens (including phenoxy) is 1. The Hall–Kier alpha value is -1.81. The van der Waals surface area contributed by atoms with Crippen molar-refractivity contribution in [2.24, 2.45) is 5.73 Å². The van der Waals surface area contributed by atoms with E-state index in [2.05, 4.69) is 10.2 Å². The molecule has 0 fully saturated rings. The summed E-state index contributed by atoms with van der Waals surface area (Å²) in [6.45, 7) is 2.64. The summed E-state index contributed by atoms with van der Waals surface area (Å²) in [5.41, 5.74) is 8.11. The summed E-state index contributed by atoms with van der Waals surface area (Å²) < 4.78 is 5.37. The highest BCUT2D eigenvalue weighted by molar-refractivity contribution is 5.33. The first kappa shape index (κ1) is 10.7. The number of benzene rings is 1. The van der Waals surface area contributed by atoms with E-state index in [0.717, 1.165) is 16.9 Å². The number of nitrogens with one attached hydrogen (secondary N) is 1. The lowest BCUT2D eigenvalue weighted by Gasteiger charge is -2.10. The van der Waals surface area contributed by atoms with Crippen molar-refractivity contribution in [3.05, 3.63) is 47.8 Å². The van der Waals surface area contributed by atoms with E-state index in [0.29, 0.717) is 6.61 Å². The Kier molecular flexibility index (Phi) is 3.22. The van der Waals surface area contributed by atoms with Gasteiger partial charge in [0.25, 0.3) is 0 Å². The minimum atomic E-state index is -0.144. The average molecular weight is 217 g/mol. The van der Waals surface area contributed by atoms with Crippen LogP contribution in [0.15, 0.2) is 36.7 Å². The third-order valence-corrected chi connectivity index (χ3v) is 2.43. The van der Waals surface area contributed by atoms with E-state index in [1.807, 2.05) is 31.2 Å². The highest BCUT2D eigenvalue weighted by atomic mass is 16.5. The third-order valence-electron chi connectivity index (χ3n) is 2.43. The van der Waals surface area contributed by atoms with Crippen molar-refractivity contribution in [1.29, 1.82) is 0 Å². The van der Waals surface area contributed by atoms with Crippen LogP contribution < -0.4 is 10.5 Å². The molecule has 4 heteroatoms. The van der Waals surface area contributed by atoms with E-state index in [1.165, 1.54) is 0 Å². The Balaban J connectivity index is 2.15. The molecule has 2 aromatic rings. The quantitative estimate of drug-likeness (QED) is 0.821. The van der Waals surface area contributed by atoms with Crippen LogP contribution in [0.3, 0.4) is 0 Å². The minimum Gasteiger partial charge on any atom is -0.494 e. The zero-order chi connectivity index (χ0) is 11.4. The van der Waals surface area contributed by atoms with Gasteiger partial charge in [0.15, 0.2) is 0 Å². The van der Waals surface area contributed by atoms with Crippen LogP contribution in [-0.4, -0.2) is 16.8 Å². The maximum atomic E-state index is 6.08. The van der Waals surface area contributed by atoms with E-state index in [4.69, 9.17) is 10.5 Å². The lowest BCUT2D eigenvalue weighted by Crippen LogP contribution is -2.10. The topological polar surface area (TPSA) is 63.9 Å². The molecule has 0 saturated heterocycles. The van der Waals surface area contributed by atoms with Gasteiger partial charge in [-0.3, -0.25) is 5.10 Å². The van der Waals surface area contributed by atoms with Gasteiger partial charge < -0.3 is 10.5 Å². The predicted molar refractivity (Wildman–Crippen MR) is 62.2 cm³/mol. The highest BCUT2D eigenvalue weighted by Gasteiger charge is 2.09. The van der Waals surface area contributed by atoms with Crippen molar-refractivity contribution in [2.75, 3.05) is 6.61 Å². The van der Waals surface area contributed by atoms with Crippen LogP contribution in [0.4, 0.5) is 0 Å². The molecule has 1 unspecified atom stereocenters. The van der Waals surface area contributed by atoms with Crippen molar-refractivity contribution in [2.45, 2.75) is 13.0 Å². The van der Waals surface area contributed by atoms with Crippen molar-refractivity contribution < 1.29 is 4.74 Å². The fourth-order valence-electron chi connectivity index (χ4n) is 1.56. The van der Waals surface area contributed by atoms with E-state index in [1.54, 1.807) is 12.4 Å². The number of rotatable bonds is 4. The second-order valence-electron chi connectivity index (χ2n) is 3.51. The molecule has 84 valence electrons. The van der Waals surface area contributed by atoms with Crippen LogP contribution in [0.25, 0.3) is 0 Å². The molecule has 0 bridgehead atoms. The molecule has 0 saturated carbocycles. The van der Waals surface area contributed by atoms with Gasteiger partial charge in [-0.1, -0.05) is 12.1 Å². The van der Waals surface area contributed by atoms with Gasteiger partial charge in [-0.05, 0) is 24.6 Å². The smallest absolute Gasteiger partial charge is 0.119 e. The molecule has 0 amide bonds. The molecule has 4 nitrogen and oxygen atoms in total. The van der Waals surface area contributed by atoms with Gasteiger partial charge in [0, 0.05) is 11.8 Å². The summed E-state index contributed by atoms with van der Waals surface area (Å²) >= 11 is 0. The zero-order valence-corrected chi connectivity index (χ0v) is 9.18. The Morgan fingerprint density at radius 2 is 2.06 bits per heavy atom. The van der Waals surface area contributed by atoms with Crippen LogP contribution in [0.2, 0.25) is 0 Å². The molecule has 1 aromatic carbocycles. The van der Waals surface area contributed by atoms with Gasteiger partial charge in [-0.2, -0.15) is 5.10 Å². The molecule has 16 heavy (non-hydrogen) atoms. The maximum absolute atomic E-state index is 6.08. The summed E-state index contributed by atoms with van der Waals surface area (Å²) in [5, 5.41) is 6.64. The van der Waals surface area contributed by atoms with E-state index in [9.17, 15) is 0 Å². The Morgan fingerprint density at radius 1 is 1.31 bits per heavy atom. The SMILES string of the molecule is CCOc1ccc(C(N)c2cn[nH]c2)cc1. The molecule has 3 N–H and O–H groups in total. The molecular weight excluding hydrogens is 202 g/mol. The molecule has 0 aliphatic heterocycles. The fourth-order valence-corrected chi connectivity index (χ4v) is 1.56. The first-order valence-electron chi connectivity index (χ1n) is 5.28. The number of nitrogens with zero attached hydrogens (tertiary/aromatic N) is 1. The van der Waals surface area contributed by atoms with Gasteiger partial charge in [0.1, 0.15) is 5.75 Å². The summed E-state index contributed by atoms with van der Waals surface area (Å²) in [7, 11) is 0. The number of aromatic nitrogens is 2. The average Bonchev–Trinajstić information content (AvgIpc) is 2.83. The van der Waals surface area contributed by atoms with E-state index < -0.39 is 0 Å². The van der Waals surface area contributed by atoms with Gasteiger partial charge >= 0.3 is 0 Å². The van der Waals surface area contributed by atoms with E-state index in [-0.39, 0.29) is 6.04 Å². The highest BCUT2D eigenvalue weighted by Crippen LogP contribution is 2.21. The third kappa shape index (κ3) is 2.23. The first-order valence-corrected chi connectivity index (χ1v) is 5.28. The molecule has 1 aromatic heterocycles. The van der Waals surface area contributed by atoms with Crippen LogP contribution in [0.5, 0.6) is 5.75 Å².